The van der Waals surface area contributed by atoms with E-state index in [-0.39, 0.29) is 6.42 Å². The molecule has 0 fully saturated rings. The number of halogens is 2. The summed E-state index contributed by atoms with van der Waals surface area (Å²) in [5.74, 6) is -0.332. The highest BCUT2D eigenvalue weighted by Crippen LogP contribution is 2.27. The topological polar surface area (TPSA) is 67.4 Å². The summed E-state index contributed by atoms with van der Waals surface area (Å²) in [6, 6.07) is 12.0. The van der Waals surface area contributed by atoms with Crippen molar-refractivity contribution >= 4 is 50.7 Å². The van der Waals surface area contributed by atoms with Crippen molar-refractivity contribution in [1.82, 2.24) is 0 Å². The Morgan fingerprint density at radius 3 is 2.48 bits per heavy atom. The van der Waals surface area contributed by atoms with Gasteiger partial charge in [-0.05, 0) is 46.3 Å². The predicted molar refractivity (Wildman–Crippen MR) is 94.0 cm³/mol. The molecule has 0 aromatic heterocycles. The third-order valence-electron chi connectivity index (χ3n) is 2.90. The zero-order valence-corrected chi connectivity index (χ0v) is 14.6. The van der Waals surface area contributed by atoms with Gasteiger partial charge in [0.2, 0.25) is 11.8 Å². The van der Waals surface area contributed by atoms with Gasteiger partial charge in [0.1, 0.15) is 12.2 Å². The third-order valence-corrected chi connectivity index (χ3v) is 3.89. The van der Waals surface area contributed by atoms with E-state index in [1.54, 1.807) is 36.4 Å². The van der Waals surface area contributed by atoms with Crippen LogP contribution in [0.15, 0.2) is 46.9 Å². The zero-order chi connectivity index (χ0) is 16.8. The molecule has 0 saturated carbocycles. The van der Waals surface area contributed by atoms with Gasteiger partial charge in [-0.1, -0.05) is 23.7 Å². The van der Waals surface area contributed by atoms with E-state index in [0.717, 1.165) is 4.47 Å². The van der Waals surface area contributed by atoms with Crippen LogP contribution in [0.1, 0.15) is 6.42 Å². The first-order valence-electron chi connectivity index (χ1n) is 6.67. The Kier molecular flexibility index (Phi) is 6.01. The summed E-state index contributed by atoms with van der Waals surface area (Å²) in [6.45, 7) is 0. The van der Waals surface area contributed by atoms with Crippen molar-refractivity contribution in [1.29, 1.82) is 0 Å². The summed E-state index contributed by atoms with van der Waals surface area (Å²) in [5.41, 5.74) is 1.10. The molecule has 5 nitrogen and oxygen atoms in total. The highest BCUT2D eigenvalue weighted by Gasteiger charge is 2.12. The van der Waals surface area contributed by atoms with Crippen LogP contribution in [0.5, 0.6) is 5.75 Å². The fourth-order valence-corrected chi connectivity index (χ4v) is 2.49. The molecule has 2 N–H and O–H groups in total. The number of benzene rings is 2. The summed E-state index contributed by atoms with van der Waals surface area (Å²) in [7, 11) is 1.51. The standard InChI is InChI=1S/C16H14BrClN2O3/c1-23-14-7-6-10(8-12(14)18)19-15(21)9-16(22)20-13-5-3-2-4-11(13)17/h2-8H,9H2,1H3,(H,19,21)(H,20,22). The molecule has 0 aliphatic heterocycles. The van der Waals surface area contributed by atoms with Crippen LogP contribution in [0.4, 0.5) is 11.4 Å². The monoisotopic (exact) mass is 396 g/mol. The van der Waals surface area contributed by atoms with Gasteiger partial charge in [0.05, 0.1) is 17.8 Å². The number of ether oxygens (including phenoxy) is 1. The zero-order valence-electron chi connectivity index (χ0n) is 12.2. The number of hydrogen-bond donors (Lipinski definition) is 2. The molecule has 0 bridgehead atoms. The lowest BCUT2D eigenvalue weighted by molar-refractivity contribution is -0.123. The van der Waals surface area contributed by atoms with Crippen molar-refractivity contribution in [3.05, 3.63) is 52.0 Å². The second-order valence-corrected chi connectivity index (χ2v) is 5.86. The van der Waals surface area contributed by atoms with Gasteiger partial charge in [0, 0.05) is 10.2 Å². The van der Waals surface area contributed by atoms with Crippen LogP contribution < -0.4 is 15.4 Å². The van der Waals surface area contributed by atoms with Crippen molar-refractivity contribution in [2.24, 2.45) is 0 Å². The van der Waals surface area contributed by atoms with E-state index in [4.69, 9.17) is 16.3 Å². The number of amides is 2. The third kappa shape index (κ3) is 4.97. The Balaban J connectivity index is 1.93. The molecule has 2 aromatic carbocycles. The van der Waals surface area contributed by atoms with Crippen LogP contribution in [0.25, 0.3) is 0 Å². The quantitative estimate of drug-likeness (QED) is 0.747. The van der Waals surface area contributed by atoms with Gasteiger partial charge in [-0.2, -0.15) is 0 Å². The molecule has 2 rings (SSSR count). The van der Waals surface area contributed by atoms with Crippen LogP contribution >= 0.6 is 27.5 Å². The van der Waals surface area contributed by atoms with Crippen LogP contribution in [0.3, 0.4) is 0 Å². The predicted octanol–water partition coefficient (Wildman–Crippen LogP) is 4.08. The molecule has 2 amide bonds. The van der Waals surface area contributed by atoms with Crippen molar-refractivity contribution < 1.29 is 14.3 Å². The maximum atomic E-state index is 11.9. The van der Waals surface area contributed by atoms with Gasteiger partial charge >= 0.3 is 0 Å². The van der Waals surface area contributed by atoms with Gasteiger partial charge in [0.25, 0.3) is 0 Å². The highest BCUT2D eigenvalue weighted by molar-refractivity contribution is 9.10. The fourth-order valence-electron chi connectivity index (χ4n) is 1.85. The number of anilines is 2. The van der Waals surface area contributed by atoms with E-state index in [1.807, 2.05) is 6.07 Å². The van der Waals surface area contributed by atoms with Gasteiger partial charge in [0.15, 0.2) is 0 Å². The fraction of sp³-hybridized carbons (Fsp3) is 0.125. The Bertz CT molecular complexity index is 737. The number of nitrogens with one attached hydrogen (secondary N) is 2. The molecule has 120 valence electrons. The van der Waals surface area contributed by atoms with Crippen molar-refractivity contribution in [3.63, 3.8) is 0 Å². The van der Waals surface area contributed by atoms with Gasteiger partial charge in [-0.15, -0.1) is 0 Å². The number of rotatable bonds is 5. The van der Waals surface area contributed by atoms with Gasteiger partial charge in [-0.3, -0.25) is 9.59 Å². The molecule has 0 radical (unpaired) electrons. The Labute approximate surface area is 147 Å². The molecule has 0 spiro atoms. The molecule has 0 aliphatic carbocycles. The van der Waals surface area contributed by atoms with Crippen molar-refractivity contribution in [2.75, 3.05) is 17.7 Å². The number of carbonyl (C=O) groups excluding carboxylic acids is 2. The van der Waals surface area contributed by atoms with Crippen molar-refractivity contribution in [2.45, 2.75) is 6.42 Å². The van der Waals surface area contributed by atoms with Crippen LogP contribution in [-0.4, -0.2) is 18.9 Å². The minimum Gasteiger partial charge on any atom is -0.495 e. The first kappa shape index (κ1) is 17.3. The van der Waals surface area contributed by atoms with E-state index in [9.17, 15) is 9.59 Å². The molecule has 23 heavy (non-hydrogen) atoms. The first-order chi connectivity index (χ1) is 11.0. The normalized spacial score (nSPS) is 10.0. The Hall–Kier alpha value is -2.05. The lowest BCUT2D eigenvalue weighted by Gasteiger charge is -2.09. The summed E-state index contributed by atoms with van der Waals surface area (Å²) in [4.78, 5) is 23.8. The van der Waals surface area contributed by atoms with E-state index in [2.05, 4.69) is 26.6 Å². The summed E-state index contributed by atoms with van der Waals surface area (Å²) in [5, 5.41) is 5.66. The second-order valence-electron chi connectivity index (χ2n) is 4.60. The van der Waals surface area contributed by atoms with Crippen LogP contribution in [-0.2, 0) is 9.59 Å². The number of carbonyl (C=O) groups is 2. The number of para-hydroxylation sites is 1. The molecule has 2 aromatic rings. The van der Waals surface area contributed by atoms with Crippen LogP contribution in [0.2, 0.25) is 5.02 Å². The van der Waals surface area contributed by atoms with Gasteiger partial charge < -0.3 is 15.4 Å². The molecule has 0 heterocycles. The van der Waals surface area contributed by atoms with E-state index >= 15 is 0 Å². The smallest absolute Gasteiger partial charge is 0.233 e. The number of hydrogen-bond acceptors (Lipinski definition) is 3. The van der Waals surface area contributed by atoms with Crippen LogP contribution in [0, 0.1) is 0 Å². The molecular weight excluding hydrogens is 384 g/mol. The van der Waals surface area contributed by atoms with Gasteiger partial charge in [-0.25, -0.2) is 0 Å². The minimum absolute atomic E-state index is 0.301. The Morgan fingerprint density at radius 1 is 1.13 bits per heavy atom. The van der Waals surface area contributed by atoms with E-state index < -0.39 is 11.8 Å². The van der Waals surface area contributed by atoms with E-state index in [0.29, 0.717) is 22.1 Å². The largest absolute Gasteiger partial charge is 0.495 e. The van der Waals surface area contributed by atoms with Crippen molar-refractivity contribution in [3.8, 4) is 5.75 Å². The molecule has 7 heteroatoms. The summed E-state index contributed by atoms with van der Waals surface area (Å²) >= 11 is 9.31. The lowest BCUT2D eigenvalue weighted by atomic mass is 10.2. The maximum absolute atomic E-state index is 11.9. The SMILES string of the molecule is COc1ccc(NC(=O)CC(=O)Nc2ccccc2Br)cc1Cl. The summed E-state index contributed by atoms with van der Waals surface area (Å²) < 4.78 is 5.78. The molecule has 0 saturated heterocycles. The maximum Gasteiger partial charge on any atom is 0.233 e. The molecule has 0 aliphatic rings. The van der Waals surface area contributed by atoms with E-state index in [1.165, 1.54) is 7.11 Å². The average molecular weight is 398 g/mol. The summed E-state index contributed by atoms with van der Waals surface area (Å²) in [6.07, 6.45) is -0.301. The average Bonchev–Trinajstić information content (AvgIpc) is 2.49. The molecule has 0 unspecified atom stereocenters. The highest BCUT2D eigenvalue weighted by atomic mass is 79.9. The number of methoxy groups -OCH3 is 1. The minimum atomic E-state index is -0.434. The second kappa shape index (κ2) is 7.99. The lowest BCUT2D eigenvalue weighted by Crippen LogP contribution is -2.21. The molecular formula is C16H14BrClN2O3. The molecule has 0 atom stereocenters. The first-order valence-corrected chi connectivity index (χ1v) is 7.84. The Morgan fingerprint density at radius 2 is 1.83 bits per heavy atom.